The molecule has 1 fully saturated rings. The fourth-order valence-electron chi connectivity index (χ4n) is 4.74. The summed E-state index contributed by atoms with van der Waals surface area (Å²) in [6.07, 6.45) is 3.85. The van der Waals surface area contributed by atoms with Crippen LogP contribution in [-0.2, 0) is 26.2 Å². The smallest absolute Gasteiger partial charge is 0.244 e. The maximum atomic E-state index is 13.9. The second kappa shape index (κ2) is 12.7. The molecule has 1 N–H and O–H groups in total. The molecule has 2 aromatic carbocycles. The molecule has 1 saturated carbocycles. The quantitative estimate of drug-likeness (QED) is 0.435. The van der Waals surface area contributed by atoms with Gasteiger partial charge in [-0.25, -0.2) is 8.42 Å². The molecule has 2 amide bonds. The summed E-state index contributed by atoms with van der Waals surface area (Å²) >= 11 is 12.8. The van der Waals surface area contributed by atoms with Gasteiger partial charge in [-0.3, -0.25) is 13.9 Å². The largest absolute Gasteiger partial charge is 0.486 e. The molecule has 1 aliphatic heterocycles. The highest BCUT2D eigenvalue weighted by Crippen LogP contribution is 2.35. The average molecular weight is 599 g/mol. The van der Waals surface area contributed by atoms with Crippen molar-refractivity contribution < 1.29 is 27.5 Å². The lowest BCUT2D eigenvalue weighted by Crippen LogP contribution is -2.52. The van der Waals surface area contributed by atoms with Crippen LogP contribution in [0.5, 0.6) is 11.5 Å². The molecule has 12 heteroatoms. The van der Waals surface area contributed by atoms with E-state index >= 15 is 0 Å². The molecule has 0 unspecified atom stereocenters. The molecule has 9 nitrogen and oxygen atoms in total. The number of nitrogens with zero attached hydrogens (tertiary/aromatic N) is 2. The van der Waals surface area contributed by atoms with Gasteiger partial charge in [-0.05, 0) is 51.0 Å². The Hall–Kier alpha value is -2.69. The lowest BCUT2D eigenvalue weighted by atomic mass is 10.1. The number of carbonyl (C=O) groups excluding carboxylic acids is 2. The fourth-order valence-corrected chi connectivity index (χ4v) is 6.31. The van der Waals surface area contributed by atoms with E-state index in [2.05, 4.69) is 5.32 Å². The number of ether oxygens (including phenoxy) is 2. The lowest BCUT2D eigenvalue weighted by Gasteiger charge is -2.33. The topological polar surface area (TPSA) is 105 Å². The first-order valence-corrected chi connectivity index (χ1v) is 15.4. The van der Waals surface area contributed by atoms with Gasteiger partial charge in [-0.1, -0.05) is 42.1 Å². The normalized spacial score (nSPS) is 16.0. The second-order valence-electron chi connectivity index (χ2n) is 9.62. The summed E-state index contributed by atoms with van der Waals surface area (Å²) in [5, 5.41) is 3.71. The molecule has 212 valence electrons. The first kappa shape index (κ1) is 29.3. The van der Waals surface area contributed by atoms with Crippen LogP contribution in [0.1, 0.15) is 45.1 Å². The number of nitrogens with one attached hydrogen (secondary N) is 1. The third-order valence-electron chi connectivity index (χ3n) is 7.05. The highest BCUT2D eigenvalue weighted by atomic mass is 35.5. The SMILES string of the molecule is CCS(=O)(=O)N(CC(=O)N(Cc1c(Cl)cccc1Cl)[C@@H](C)C(=O)NC1CCCC1)c1ccc2c(c1)OCCO2. The number of benzene rings is 2. The molecule has 2 aliphatic rings. The Morgan fingerprint density at radius 2 is 1.69 bits per heavy atom. The monoisotopic (exact) mass is 597 g/mol. The Kier molecular flexibility index (Phi) is 9.51. The van der Waals surface area contributed by atoms with Gasteiger partial charge in [0.25, 0.3) is 0 Å². The number of carbonyl (C=O) groups is 2. The predicted molar refractivity (Wildman–Crippen MR) is 151 cm³/mol. The number of anilines is 1. The number of rotatable bonds is 10. The number of fused-ring (bicyclic) bond motifs is 1. The van der Waals surface area contributed by atoms with Gasteiger partial charge in [0, 0.05) is 34.3 Å². The van der Waals surface area contributed by atoms with Crippen molar-refractivity contribution in [1.82, 2.24) is 10.2 Å². The third-order valence-corrected chi connectivity index (χ3v) is 9.50. The Labute approximate surface area is 239 Å². The van der Waals surface area contributed by atoms with Crippen LogP contribution in [0, 0.1) is 0 Å². The molecule has 0 saturated heterocycles. The van der Waals surface area contributed by atoms with Crippen molar-refractivity contribution in [3.63, 3.8) is 0 Å². The van der Waals surface area contributed by atoms with Crippen molar-refractivity contribution >= 4 is 50.7 Å². The summed E-state index contributed by atoms with van der Waals surface area (Å²) in [6.45, 7) is 3.24. The molecule has 0 bridgehead atoms. The standard InChI is InChI=1S/C27H33Cl2N3O6S/c1-3-39(35,36)32(20-11-12-24-25(15-20)38-14-13-37-24)17-26(33)31(16-21-22(28)9-6-10-23(21)29)18(2)27(34)30-19-7-4-5-8-19/h6,9-12,15,18-19H,3-5,7-8,13-14,16-17H2,1-2H3,(H,30,34)/t18-/m0/s1. The first-order chi connectivity index (χ1) is 18.6. The zero-order valence-corrected chi connectivity index (χ0v) is 24.3. The van der Waals surface area contributed by atoms with Gasteiger partial charge in [-0.2, -0.15) is 0 Å². The average Bonchev–Trinajstić information content (AvgIpc) is 3.43. The van der Waals surface area contributed by atoms with Crippen molar-refractivity contribution in [3.8, 4) is 11.5 Å². The van der Waals surface area contributed by atoms with Gasteiger partial charge in [0.15, 0.2) is 11.5 Å². The Balaban J connectivity index is 1.65. The number of halogens is 2. The van der Waals surface area contributed by atoms with E-state index in [0.717, 1.165) is 30.0 Å². The molecular formula is C27H33Cl2N3O6S. The van der Waals surface area contributed by atoms with E-state index in [9.17, 15) is 18.0 Å². The lowest BCUT2D eigenvalue weighted by molar-refractivity contribution is -0.139. The molecule has 1 atom stereocenters. The molecule has 1 aliphatic carbocycles. The molecule has 0 radical (unpaired) electrons. The minimum absolute atomic E-state index is 0.0514. The van der Waals surface area contributed by atoms with Crippen LogP contribution >= 0.6 is 23.2 Å². The van der Waals surface area contributed by atoms with Crippen molar-refractivity contribution in [2.75, 3.05) is 29.8 Å². The van der Waals surface area contributed by atoms with Crippen molar-refractivity contribution in [2.45, 2.75) is 58.2 Å². The van der Waals surface area contributed by atoms with Gasteiger partial charge < -0.3 is 19.7 Å². The molecule has 0 aromatic heterocycles. The minimum Gasteiger partial charge on any atom is -0.486 e. The number of hydrogen-bond acceptors (Lipinski definition) is 6. The second-order valence-corrected chi connectivity index (χ2v) is 12.6. The predicted octanol–water partition coefficient (Wildman–Crippen LogP) is 4.40. The number of sulfonamides is 1. The first-order valence-electron chi connectivity index (χ1n) is 13.0. The number of hydrogen-bond donors (Lipinski definition) is 1. The third kappa shape index (κ3) is 6.91. The van der Waals surface area contributed by atoms with E-state index in [1.165, 1.54) is 11.8 Å². The van der Waals surface area contributed by atoms with E-state index in [-0.39, 0.29) is 29.9 Å². The highest BCUT2D eigenvalue weighted by Gasteiger charge is 2.33. The summed E-state index contributed by atoms with van der Waals surface area (Å²) in [4.78, 5) is 28.5. The summed E-state index contributed by atoms with van der Waals surface area (Å²) in [7, 11) is -3.89. The van der Waals surface area contributed by atoms with Gasteiger partial charge in [0.05, 0.1) is 11.4 Å². The Morgan fingerprint density at radius 3 is 2.33 bits per heavy atom. The van der Waals surface area contributed by atoms with Crippen LogP contribution < -0.4 is 19.1 Å². The fraction of sp³-hybridized carbons (Fsp3) is 0.481. The molecule has 39 heavy (non-hydrogen) atoms. The van der Waals surface area contributed by atoms with Gasteiger partial charge in [-0.15, -0.1) is 0 Å². The number of amides is 2. The van der Waals surface area contributed by atoms with Crippen LogP contribution in [0.25, 0.3) is 0 Å². The van der Waals surface area contributed by atoms with E-state index in [1.807, 2.05) is 0 Å². The van der Waals surface area contributed by atoms with Crippen molar-refractivity contribution in [2.24, 2.45) is 0 Å². The maximum Gasteiger partial charge on any atom is 0.244 e. The van der Waals surface area contributed by atoms with E-state index < -0.39 is 28.5 Å². The van der Waals surface area contributed by atoms with Crippen LogP contribution in [0.15, 0.2) is 36.4 Å². The highest BCUT2D eigenvalue weighted by molar-refractivity contribution is 7.92. The van der Waals surface area contributed by atoms with Crippen LogP contribution in [0.2, 0.25) is 10.0 Å². The van der Waals surface area contributed by atoms with Gasteiger partial charge in [0.1, 0.15) is 25.8 Å². The van der Waals surface area contributed by atoms with E-state index in [4.69, 9.17) is 32.7 Å². The van der Waals surface area contributed by atoms with Crippen LogP contribution in [0.4, 0.5) is 5.69 Å². The molecule has 0 spiro atoms. The molecule has 2 aromatic rings. The van der Waals surface area contributed by atoms with Gasteiger partial charge in [0.2, 0.25) is 21.8 Å². The summed E-state index contributed by atoms with van der Waals surface area (Å²) in [6, 6.07) is 8.86. The molecular weight excluding hydrogens is 565 g/mol. The van der Waals surface area contributed by atoms with E-state index in [0.29, 0.717) is 40.3 Å². The Bertz CT molecular complexity index is 1300. The molecule has 4 rings (SSSR count). The molecule has 1 heterocycles. The maximum absolute atomic E-state index is 13.9. The zero-order valence-electron chi connectivity index (χ0n) is 22.0. The van der Waals surface area contributed by atoms with Crippen LogP contribution in [0.3, 0.4) is 0 Å². The summed E-state index contributed by atoms with van der Waals surface area (Å²) in [5.74, 6) is -0.235. The Morgan fingerprint density at radius 1 is 1.05 bits per heavy atom. The van der Waals surface area contributed by atoms with E-state index in [1.54, 1.807) is 43.3 Å². The zero-order chi connectivity index (χ0) is 28.2. The van der Waals surface area contributed by atoms with Crippen LogP contribution in [-0.4, -0.2) is 62.7 Å². The van der Waals surface area contributed by atoms with Crippen molar-refractivity contribution in [3.05, 3.63) is 52.0 Å². The minimum atomic E-state index is -3.89. The van der Waals surface area contributed by atoms with Crippen molar-refractivity contribution in [1.29, 1.82) is 0 Å². The summed E-state index contributed by atoms with van der Waals surface area (Å²) < 4.78 is 38.6. The summed E-state index contributed by atoms with van der Waals surface area (Å²) in [5.41, 5.74) is 0.729. The van der Waals surface area contributed by atoms with Gasteiger partial charge >= 0.3 is 0 Å².